The van der Waals surface area contributed by atoms with Crippen molar-refractivity contribution in [1.29, 1.82) is 0 Å². The van der Waals surface area contributed by atoms with Crippen molar-refractivity contribution in [2.24, 2.45) is 5.92 Å². The van der Waals surface area contributed by atoms with Gasteiger partial charge >= 0.3 is 12.2 Å². The first-order valence-electron chi connectivity index (χ1n) is 9.27. The zero-order chi connectivity index (χ0) is 20.3. The van der Waals surface area contributed by atoms with Crippen LogP contribution in [0.4, 0.5) is 23.7 Å². The Balaban J connectivity index is 2.32. The molecular formula is C19H28ClF3N2O2. The Bertz CT molecular complexity index is 583. The Morgan fingerprint density at radius 1 is 1.26 bits per heavy atom. The molecule has 1 rings (SSSR count). The number of hydrogen-bond donors (Lipinski definition) is 2. The molecular weight excluding hydrogens is 381 g/mol. The quantitative estimate of drug-likeness (QED) is 0.434. The molecule has 0 heterocycles. The van der Waals surface area contributed by atoms with Gasteiger partial charge in [-0.2, -0.15) is 13.2 Å². The molecule has 154 valence electrons. The molecule has 2 amide bonds. The summed E-state index contributed by atoms with van der Waals surface area (Å²) in [6.07, 6.45) is 0.562. The molecule has 8 heteroatoms. The molecule has 0 saturated heterocycles. The van der Waals surface area contributed by atoms with Crippen molar-refractivity contribution in [3.05, 3.63) is 28.8 Å². The van der Waals surface area contributed by atoms with Crippen LogP contribution in [0.15, 0.2) is 18.2 Å². The second kappa shape index (κ2) is 12.1. The lowest BCUT2D eigenvalue weighted by Crippen LogP contribution is -2.31. The lowest BCUT2D eigenvalue weighted by Gasteiger charge is -2.15. The smallest absolute Gasteiger partial charge is 0.381 e. The second-order valence-corrected chi connectivity index (χ2v) is 6.85. The SMILES string of the molecule is CCCCC(CC)COCCCNC(=O)Nc1ccc(Cl)cc1C(F)(F)F. The molecule has 1 aromatic carbocycles. The number of halogens is 4. The zero-order valence-corrected chi connectivity index (χ0v) is 16.6. The summed E-state index contributed by atoms with van der Waals surface area (Å²) in [4.78, 5) is 11.8. The van der Waals surface area contributed by atoms with Gasteiger partial charge in [-0.1, -0.05) is 44.7 Å². The van der Waals surface area contributed by atoms with E-state index in [4.69, 9.17) is 16.3 Å². The number of nitrogens with one attached hydrogen (secondary N) is 2. The number of rotatable bonds is 11. The highest BCUT2D eigenvalue weighted by Gasteiger charge is 2.34. The summed E-state index contributed by atoms with van der Waals surface area (Å²) in [6, 6.07) is 2.52. The van der Waals surface area contributed by atoms with Crippen LogP contribution >= 0.6 is 11.6 Å². The third-order valence-corrected chi connectivity index (χ3v) is 4.42. The molecule has 2 N–H and O–H groups in total. The molecule has 0 spiro atoms. The van der Waals surface area contributed by atoms with E-state index in [1.807, 2.05) is 0 Å². The predicted molar refractivity (Wildman–Crippen MR) is 102 cm³/mol. The molecule has 0 aliphatic carbocycles. The van der Waals surface area contributed by atoms with Crippen LogP contribution in [0.5, 0.6) is 0 Å². The van der Waals surface area contributed by atoms with E-state index in [2.05, 4.69) is 24.5 Å². The molecule has 0 radical (unpaired) electrons. The van der Waals surface area contributed by atoms with Gasteiger partial charge in [0, 0.05) is 24.8 Å². The van der Waals surface area contributed by atoms with Gasteiger partial charge in [-0.05, 0) is 37.0 Å². The molecule has 0 aliphatic heterocycles. The van der Waals surface area contributed by atoms with Crippen molar-refractivity contribution in [2.75, 3.05) is 25.1 Å². The van der Waals surface area contributed by atoms with Crippen molar-refractivity contribution in [1.82, 2.24) is 5.32 Å². The van der Waals surface area contributed by atoms with E-state index in [1.165, 1.54) is 18.9 Å². The fourth-order valence-electron chi connectivity index (χ4n) is 2.55. The standard InChI is InChI=1S/C19H28ClF3N2O2/c1-3-5-7-14(4-2)13-27-11-6-10-24-18(26)25-17-9-8-15(20)12-16(17)19(21,22)23/h8-9,12,14H,3-7,10-11,13H2,1-2H3,(H2,24,25,26). The third-order valence-electron chi connectivity index (χ3n) is 4.18. The average Bonchev–Trinajstić information content (AvgIpc) is 2.61. The maximum absolute atomic E-state index is 13.0. The van der Waals surface area contributed by atoms with Crippen LogP contribution in [0.3, 0.4) is 0 Å². The van der Waals surface area contributed by atoms with Gasteiger partial charge in [-0.15, -0.1) is 0 Å². The Morgan fingerprint density at radius 3 is 2.63 bits per heavy atom. The number of carbonyl (C=O) groups excluding carboxylic acids is 1. The Kier molecular flexibility index (Phi) is 10.5. The molecule has 0 aliphatic rings. The fourth-order valence-corrected chi connectivity index (χ4v) is 2.72. The van der Waals surface area contributed by atoms with E-state index >= 15 is 0 Å². The maximum Gasteiger partial charge on any atom is 0.418 e. The Labute approximate surface area is 163 Å². The van der Waals surface area contributed by atoms with E-state index in [0.717, 1.165) is 25.0 Å². The molecule has 4 nitrogen and oxygen atoms in total. The largest absolute Gasteiger partial charge is 0.418 e. The van der Waals surface area contributed by atoms with Gasteiger partial charge < -0.3 is 15.4 Å². The van der Waals surface area contributed by atoms with E-state index in [-0.39, 0.29) is 10.7 Å². The number of unbranched alkanes of at least 4 members (excludes halogenated alkanes) is 1. The van der Waals surface area contributed by atoms with E-state index < -0.39 is 17.8 Å². The molecule has 0 aromatic heterocycles. The minimum Gasteiger partial charge on any atom is -0.381 e. The van der Waals surface area contributed by atoms with Crippen LogP contribution in [0.2, 0.25) is 5.02 Å². The number of ether oxygens (including phenoxy) is 1. The highest BCUT2D eigenvalue weighted by molar-refractivity contribution is 6.30. The van der Waals surface area contributed by atoms with E-state index in [9.17, 15) is 18.0 Å². The lowest BCUT2D eigenvalue weighted by molar-refractivity contribution is -0.136. The molecule has 0 saturated carbocycles. The first-order chi connectivity index (χ1) is 12.8. The summed E-state index contributed by atoms with van der Waals surface area (Å²) >= 11 is 5.61. The summed E-state index contributed by atoms with van der Waals surface area (Å²) in [7, 11) is 0. The highest BCUT2D eigenvalue weighted by atomic mass is 35.5. The zero-order valence-electron chi connectivity index (χ0n) is 15.8. The molecule has 0 fully saturated rings. The van der Waals surface area contributed by atoms with Crippen LogP contribution in [0, 0.1) is 5.92 Å². The van der Waals surface area contributed by atoms with Crippen LogP contribution in [0.25, 0.3) is 0 Å². The van der Waals surface area contributed by atoms with Crippen molar-refractivity contribution in [2.45, 2.75) is 52.1 Å². The summed E-state index contributed by atoms with van der Waals surface area (Å²) in [5, 5.41) is 4.70. The summed E-state index contributed by atoms with van der Waals surface area (Å²) in [5.41, 5.74) is -1.31. The lowest BCUT2D eigenvalue weighted by atomic mass is 10.0. The minimum absolute atomic E-state index is 0.0465. The Morgan fingerprint density at radius 2 is 2.00 bits per heavy atom. The summed E-state index contributed by atoms with van der Waals surface area (Å²) < 4.78 is 44.6. The first-order valence-corrected chi connectivity index (χ1v) is 9.65. The molecule has 1 atom stereocenters. The second-order valence-electron chi connectivity index (χ2n) is 6.41. The average molecular weight is 409 g/mol. The van der Waals surface area contributed by atoms with Crippen LogP contribution in [-0.4, -0.2) is 25.8 Å². The van der Waals surface area contributed by atoms with Crippen LogP contribution in [-0.2, 0) is 10.9 Å². The van der Waals surface area contributed by atoms with E-state index in [1.54, 1.807) is 0 Å². The summed E-state index contributed by atoms with van der Waals surface area (Å²) in [5.74, 6) is 0.548. The number of benzene rings is 1. The number of amides is 2. The topological polar surface area (TPSA) is 50.4 Å². The van der Waals surface area contributed by atoms with Gasteiger partial charge in [0.15, 0.2) is 0 Å². The molecule has 1 unspecified atom stereocenters. The number of anilines is 1. The summed E-state index contributed by atoms with van der Waals surface area (Å²) in [6.45, 7) is 5.81. The van der Waals surface area contributed by atoms with Crippen molar-refractivity contribution in [3.8, 4) is 0 Å². The van der Waals surface area contributed by atoms with Crippen molar-refractivity contribution >= 4 is 23.3 Å². The number of urea groups is 1. The van der Waals surface area contributed by atoms with Crippen LogP contribution < -0.4 is 10.6 Å². The third kappa shape index (κ3) is 9.33. The number of alkyl halides is 3. The fraction of sp³-hybridized carbons (Fsp3) is 0.632. The first kappa shape index (κ1) is 23.6. The normalized spacial score (nSPS) is 12.7. The van der Waals surface area contributed by atoms with Gasteiger partial charge in [0.1, 0.15) is 0 Å². The predicted octanol–water partition coefficient (Wildman–Crippen LogP) is 6.10. The van der Waals surface area contributed by atoms with E-state index in [0.29, 0.717) is 32.1 Å². The van der Waals surface area contributed by atoms with Gasteiger partial charge in [0.05, 0.1) is 11.3 Å². The van der Waals surface area contributed by atoms with Crippen molar-refractivity contribution in [3.63, 3.8) is 0 Å². The van der Waals surface area contributed by atoms with Gasteiger partial charge in [-0.3, -0.25) is 0 Å². The maximum atomic E-state index is 13.0. The highest BCUT2D eigenvalue weighted by Crippen LogP contribution is 2.36. The van der Waals surface area contributed by atoms with Gasteiger partial charge in [0.2, 0.25) is 0 Å². The van der Waals surface area contributed by atoms with Gasteiger partial charge in [-0.25, -0.2) is 4.79 Å². The minimum atomic E-state index is -4.60. The number of hydrogen-bond acceptors (Lipinski definition) is 2. The molecule has 0 bridgehead atoms. The number of carbonyl (C=O) groups is 1. The van der Waals surface area contributed by atoms with Gasteiger partial charge in [0.25, 0.3) is 0 Å². The van der Waals surface area contributed by atoms with Crippen LogP contribution in [0.1, 0.15) is 51.5 Å². The Hall–Kier alpha value is -1.47. The monoisotopic (exact) mass is 408 g/mol. The molecule has 1 aromatic rings. The molecule has 27 heavy (non-hydrogen) atoms. The van der Waals surface area contributed by atoms with Crippen molar-refractivity contribution < 1.29 is 22.7 Å².